The SMILES string of the molecule is c1ccc(-c2nc3ccccc3n2-c2ccc(-c3c4ccccc4cc4c3oc3ccccc34)cc2)nc1. The molecular formula is C34H21N3O. The summed E-state index contributed by atoms with van der Waals surface area (Å²) < 4.78 is 8.64. The number of nitrogens with zero attached hydrogens (tertiary/aromatic N) is 3. The molecular weight excluding hydrogens is 466 g/mol. The lowest BCUT2D eigenvalue weighted by molar-refractivity contribution is 0.670. The summed E-state index contributed by atoms with van der Waals surface area (Å²) in [6, 6.07) is 41.8. The number of imidazole rings is 1. The Morgan fingerprint density at radius 2 is 1.39 bits per heavy atom. The summed E-state index contributed by atoms with van der Waals surface area (Å²) in [4.78, 5) is 9.52. The maximum atomic E-state index is 6.46. The first-order valence-corrected chi connectivity index (χ1v) is 12.7. The topological polar surface area (TPSA) is 43.9 Å². The van der Waals surface area contributed by atoms with Crippen LogP contribution < -0.4 is 0 Å². The summed E-state index contributed by atoms with van der Waals surface area (Å²) >= 11 is 0. The van der Waals surface area contributed by atoms with Gasteiger partial charge in [0.2, 0.25) is 0 Å². The zero-order valence-corrected chi connectivity index (χ0v) is 20.4. The van der Waals surface area contributed by atoms with Crippen molar-refractivity contribution >= 4 is 43.7 Å². The number of pyridine rings is 1. The molecule has 5 aromatic carbocycles. The van der Waals surface area contributed by atoms with E-state index in [4.69, 9.17) is 9.40 Å². The summed E-state index contributed by atoms with van der Waals surface area (Å²) in [6.45, 7) is 0. The minimum absolute atomic E-state index is 0.824. The first kappa shape index (κ1) is 20.9. The van der Waals surface area contributed by atoms with Crippen LogP contribution in [0.4, 0.5) is 0 Å². The maximum Gasteiger partial charge on any atom is 0.164 e. The number of para-hydroxylation sites is 3. The molecule has 3 heterocycles. The number of hydrogen-bond acceptors (Lipinski definition) is 3. The standard InChI is InChI=1S/C34H21N3O/c1-2-10-25-23(9-1)21-27-26-11-3-6-15-31(26)38-33(27)32(25)22-16-18-24(19-17-22)37-30-14-5-4-12-28(30)36-34(37)29-13-7-8-20-35-29/h1-21H. The number of hydrogen-bond donors (Lipinski definition) is 0. The molecule has 0 N–H and O–H groups in total. The average Bonchev–Trinajstić information content (AvgIpc) is 3.55. The molecule has 4 nitrogen and oxygen atoms in total. The molecule has 8 rings (SSSR count). The van der Waals surface area contributed by atoms with Gasteiger partial charge in [-0.05, 0) is 64.9 Å². The zero-order chi connectivity index (χ0) is 25.1. The summed E-state index contributed by atoms with van der Waals surface area (Å²) in [5.74, 6) is 0.824. The van der Waals surface area contributed by atoms with E-state index in [2.05, 4.69) is 82.3 Å². The molecule has 0 fully saturated rings. The third kappa shape index (κ3) is 3.10. The molecule has 0 aliphatic rings. The number of benzene rings is 5. The second kappa shape index (κ2) is 8.15. The Hall–Kier alpha value is -5.22. The Labute approximate surface area is 218 Å². The van der Waals surface area contributed by atoms with Crippen molar-refractivity contribution in [3.8, 4) is 28.3 Å². The van der Waals surface area contributed by atoms with Crippen LogP contribution in [0, 0.1) is 0 Å². The molecule has 0 radical (unpaired) electrons. The molecule has 0 aliphatic carbocycles. The Bertz CT molecular complexity index is 2120. The quantitative estimate of drug-likeness (QED) is 0.250. The van der Waals surface area contributed by atoms with E-state index >= 15 is 0 Å². The molecule has 4 heteroatoms. The van der Waals surface area contributed by atoms with Gasteiger partial charge in [-0.2, -0.15) is 0 Å². The minimum atomic E-state index is 0.824. The van der Waals surface area contributed by atoms with Crippen LogP contribution in [0.1, 0.15) is 0 Å². The van der Waals surface area contributed by atoms with Crippen molar-refractivity contribution < 1.29 is 4.42 Å². The maximum absolute atomic E-state index is 6.46. The van der Waals surface area contributed by atoms with E-state index < -0.39 is 0 Å². The molecule has 0 atom stereocenters. The van der Waals surface area contributed by atoms with Crippen LogP contribution in [-0.2, 0) is 0 Å². The van der Waals surface area contributed by atoms with Gasteiger partial charge in [-0.3, -0.25) is 9.55 Å². The van der Waals surface area contributed by atoms with Crippen molar-refractivity contribution in [2.24, 2.45) is 0 Å². The lowest BCUT2D eigenvalue weighted by Crippen LogP contribution is -1.98. The van der Waals surface area contributed by atoms with Gasteiger partial charge in [-0.25, -0.2) is 4.98 Å². The van der Waals surface area contributed by atoms with Gasteiger partial charge in [0.05, 0.1) is 11.0 Å². The van der Waals surface area contributed by atoms with E-state index in [9.17, 15) is 0 Å². The molecule has 0 amide bonds. The molecule has 0 saturated carbocycles. The first-order chi connectivity index (χ1) is 18.8. The van der Waals surface area contributed by atoms with E-state index in [0.29, 0.717) is 0 Å². The van der Waals surface area contributed by atoms with Crippen LogP contribution in [0.25, 0.3) is 72.1 Å². The minimum Gasteiger partial charge on any atom is -0.455 e. The number of furan rings is 1. The number of aromatic nitrogens is 3. The lowest BCUT2D eigenvalue weighted by Gasteiger charge is -2.12. The van der Waals surface area contributed by atoms with Gasteiger partial charge in [-0.1, -0.05) is 72.8 Å². The van der Waals surface area contributed by atoms with E-state index in [1.165, 1.54) is 10.8 Å². The predicted octanol–water partition coefficient (Wildman–Crippen LogP) is 8.81. The van der Waals surface area contributed by atoms with Crippen molar-refractivity contribution in [1.82, 2.24) is 14.5 Å². The van der Waals surface area contributed by atoms with Crippen LogP contribution in [0.15, 0.2) is 132 Å². The Kier molecular flexibility index (Phi) is 4.49. The van der Waals surface area contributed by atoms with E-state index in [1.807, 2.05) is 48.5 Å². The van der Waals surface area contributed by atoms with Crippen LogP contribution >= 0.6 is 0 Å². The van der Waals surface area contributed by atoms with Gasteiger partial charge < -0.3 is 4.42 Å². The fraction of sp³-hybridized carbons (Fsp3) is 0. The predicted molar refractivity (Wildman–Crippen MR) is 155 cm³/mol. The highest BCUT2D eigenvalue weighted by molar-refractivity contribution is 6.18. The van der Waals surface area contributed by atoms with Crippen LogP contribution in [0.3, 0.4) is 0 Å². The number of fused-ring (bicyclic) bond motifs is 5. The van der Waals surface area contributed by atoms with Crippen molar-refractivity contribution in [2.45, 2.75) is 0 Å². The summed E-state index contributed by atoms with van der Waals surface area (Å²) in [7, 11) is 0. The third-order valence-corrected chi connectivity index (χ3v) is 7.26. The number of rotatable bonds is 3. The zero-order valence-electron chi connectivity index (χ0n) is 20.4. The molecule has 0 bridgehead atoms. The normalized spacial score (nSPS) is 11.7. The highest BCUT2D eigenvalue weighted by Gasteiger charge is 2.18. The first-order valence-electron chi connectivity index (χ1n) is 12.7. The van der Waals surface area contributed by atoms with Crippen LogP contribution in [0.5, 0.6) is 0 Å². The second-order valence-electron chi connectivity index (χ2n) is 9.47. The van der Waals surface area contributed by atoms with E-state index in [1.54, 1.807) is 6.20 Å². The van der Waals surface area contributed by atoms with Gasteiger partial charge in [0.25, 0.3) is 0 Å². The smallest absolute Gasteiger partial charge is 0.164 e. The molecule has 0 saturated heterocycles. The van der Waals surface area contributed by atoms with Gasteiger partial charge in [0.15, 0.2) is 5.82 Å². The molecule has 3 aromatic heterocycles. The molecule has 0 spiro atoms. The third-order valence-electron chi connectivity index (χ3n) is 7.26. The average molecular weight is 488 g/mol. The summed E-state index contributed by atoms with van der Waals surface area (Å²) in [6.07, 6.45) is 1.81. The molecule has 178 valence electrons. The lowest BCUT2D eigenvalue weighted by atomic mass is 9.95. The second-order valence-corrected chi connectivity index (χ2v) is 9.47. The van der Waals surface area contributed by atoms with Gasteiger partial charge >= 0.3 is 0 Å². The highest BCUT2D eigenvalue weighted by Crippen LogP contribution is 2.41. The Balaban J connectivity index is 1.36. The van der Waals surface area contributed by atoms with E-state index in [-0.39, 0.29) is 0 Å². The van der Waals surface area contributed by atoms with Gasteiger partial charge in [0.1, 0.15) is 16.9 Å². The van der Waals surface area contributed by atoms with Crippen LogP contribution in [0.2, 0.25) is 0 Å². The fourth-order valence-electron chi connectivity index (χ4n) is 5.54. The molecule has 0 aliphatic heterocycles. The molecule has 0 unspecified atom stereocenters. The Morgan fingerprint density at radius 3 is 2.26 bits per heavy atom. The van der Waals surface area contributed by atoms with Crippen molar-refractivity contribution in [2.75, 3.05) is 0 Å². The molecule has 8 aromatic rings. The monoisotopic (exact) mass is 487 g/mol. The summed E-state index contributed by atoms with van der Waals surface area (Å²) in [5, 5.41) is 4.64. The Morgan fingerprint density at radius 1 is 0.632 bits per heavy atom. The fourth-order valence-corrected chi connectivity index (χ4v) is 5.54. The molecule has 38 heavy (non-hydrogen) atoms. The van der Waals surface area contributed by atoms with Crippen LogP contribution in [-0.4, -0.2) is 14.5 Å². The van der Waals surface area contributed by atoms with Gasteiger partial charge in [0, 0.05) is 28.2 Å². The highest BCUT2D eigenvalue weighted by atomic mass is 16.3. The van der Waals surface area contributed by atoms with Crippen molar-refractivity contribution in [1.29, 1.82) is 0 Å². The van der Waals surface area contributed by atoms with E-state index in [0.717, 1.165) is 61.3 Å². The van der Waals surface area contributed by atoms with Gasteiger partial charge in [-0.15, -0.1) is 0 Å². The summed E-state index contributed by atoms with van der Waals surface area (Å²) in [5.41, 5.74) is 7.90. The largest absolute Gasteiger partial charge is 0.455 e. The van der Waals surface area contributed by atoms with Crippen molar-refractivity contribution in [3.63, 3.8) is 0 Å². The van der Waals surface area contributed by atoms with Crippen molar-refractivity contribution in [3.05, 3.63) is 128 Å².